The van der Waals surface area contributed by atoms with E-state index < -0.39 is 0 Å². The number of urea groups is 1. The molecule has 1 atom stereocenters. The number of aromatic nitrogens is 2. The summed E-state index contributed by atoms with van der Waals surface area (Å²) in [4.78, 5) is 14.7. The van der Waals surface area contributed by atoms with E-state index in [9.17, 15) is 4.79 Å². The molecule has 0 saturated carbocycles. The average molecular weight is 340 g/mol. The Bertz CT molecular complexity index is 765. The third kappa shape index (κ3) is 3.55. The highest BCUT2D eigenvalue weighted by atomic mass is 16.2. The number of nitrogens with one attached hydrogen (secondary N) is 1. The lowest BCUT2D eigenvalue weighted by Crippen LogP contribution is -2.40. The molecule has 1 fully saturated rings. The van der Waals surface area contributed by atoms with Crippen LogP contribution in [0, 0.1) is 20.8 Å². The molecule has 1 saturated heterocycles. The van der Waals surface area contributed by atoms with Crippen molar-refractivity contribution in [2.75, 3.05) is 13.1 Å². The van der Waals surface area contributed by atoms with E-state index >= 15 is 0 Å². The van der Waals surface area contributed by atoms with Gasteiger partial charge in [0.15, 0.2) is 0 Å². The van der Waals surface area contributed by atoms with Crippen LogP contribution in [0.2, 0.25) is 0 Å². The summed E-state index contributed by atoms with van der Waals surface area (Å²) in [5, 5.41) is 7.55. The molecule has 2 aromatic rings. The zero-order chi connectivity index (χ0) is 18.0. The Morgan fingerprint density at radius 3 is 2.72 bits per heavy atom. The van der Waals surface area contributed by atoms with Crippen molar-refractivity contribution in [2.45, 2.75) is 46.1 Å². The van der Waals surface area contributed by atoms with Crippen molar-refractivity contribution in [1.82, 2.24) is 20.0 Å². The highest BCUT2D eigenvalue weighted by molar-refractivity contribution is 5.75. The molecule has 0 bridgehead atoms. The highest BCUT2D eigenvalue weighted by Gasteiger charge is 2.30. The minimum atomic E-state index is 0.0462. The second-order valence-corrected chi connectivity index (χ2v) is 6.96. The summed E-state index contributed by atoms with van der Waals surface area (Å²) in [6, 6.07) is 8.63. The number of carbonyl (C=O) groups is 1. The summed E-state index contributed by atoms with van der Waals surface area (Å²) in [5.74, 6) is 0. The van der Waals surface area contributed by atoms with Crippen LogP contribution in [0.25, 0.3) is 0 Å². The summed E-state index contributed by atoms with van der Waals surface area (Å²) >= 11 is 0. The fraction of sp³-hybridized carbons (Fsp3) is 0.500. The SMILES string of the molecule is Cc1ccccc1[C@@H]1CCCN1C(=O)NCCc1c(C)nn(C)c1C. The molecule has 1 N–H and O–H groups in total. The molecule has 1 aromatic heterocycles. The zero-order valence-corrected chi connectivity index (χ0v) is 15.7. The van der Waals surface area contributed by atoms with Gasteiger partial charge < -0.3 is 10.2 Å². The lowest BCUT2D eigenvalue weighted by atomic mass is 9.99. The van der Waals surface area contributed by atoms with E-state index in [0.717, 1.165) is 31.5 Å². The van der Waals surface area contributed by atoms with Crippen LogP contribution in [-0.2, 0) is 13.5 Å². The number of nitrogens with zero attached hydrogens (tertiary/aromatic N) is 3. The number of rotatable bonds is 4. The van der Waals surface area contributed by atoms with Crippen molar-refractivity contribution < 1.29 is 4.79 Å². The molecule has 0 unspecified atom stereocenters. The fourth-order valence-corrected chi connectivity index (χ4v) is 3.87. The van der Waals surface area contributed by atoms with Gasteiger partial charge in [-0.1, -0.05) is 24.3 Å². The molecule has 1 aliphatic rings. The first-order valence-corrected chi connectivity index (χ1v) is 9.08. The third-order valence-electron chi connectivity index (χ3n) is 5.37. The highest BCUT2D eigenvalue weighted by Crippen LogP contribution is 2.33. The lowest BCUT2D eigenvalue weighted by molar-refractivity contribution is 0.193. The summed E-state index contributed by atoms with van der Waals surface area (Å²) in [6.45, 7) is 7.70. The van der Waals surface area contributed by atoms with Crippen molar-refractivity contribution in [3.8, 4) is 0 Å². The van der Waals surface area contributed by atoms with Crippen molar-refractivity contribution in [3.05, 3.63) is 52.3 Å². The molecule has 0 radical (unpaired) electrons. The van der Waals surface area contributed by atoms with Gasteiger partial charge in [0.25, 0.3) is 0 Å². The van der Waals surface area contributed by atoms with Crippen molar-refractivity contribution in [3.63, 3.8) is 0 Å². The first-order chi connectivity index (χ1) is 12.0. The Hall–Kier alpha value is -2.30. The second kappa shape index (κ2) is 7.30. The number of likely N-dealkylation sites (tertiary alicyclic amines) is 1. The standard InChI is InChI=1S/C20H28N4O/c1-14-8-5-6-9-17(14)19-10-7-13-24(19)20(25)21-12-11-18-15(2)22-23(4)16(18)3/h5-6,8-9,19H,7,10-13H2,1-4H3,(H,21,25)/t19-/m0/s1. The molecule has 25 heavy (non-hydrogen) atoms. The minimum Gasteiger partial charge on any atom is -0.338 e. The number of hydrogen-bond acceptors (Lipinski definition) is 2. The third-order valence-corrected chi connectivity index (χ3v) is 5.37. The second-order valence-electron chi connectivity index (χ2n) is 6.96. The first kappa shape index (κ1) is 17.5. The lowest BCUT2D eigenvalue weighted by Gasteiger charge is -2.26. The van der Waals surface area contributed by atoms with Gasteiger partial charge in [0.2, 0.25) is 0 Å². The average Bonchev–Trinajstić information content (AvgIpc) is 3.15. The summed E-state index contributed by atoms with van der Waals surface area (Å²) in [6.07, 6.45) is 2.92. The van der Waals surface area contributed by atoms with Gasteiger partial charge in [-0.05, 0) is 56.7 Å². The number of amides is 2. The predicted octanol–water partition coefficient (Wildman–Crippen LogP) is 3.43. The van der Waals surface area contributed by atoms with E-state index in [0.29, 0.717) is 6.54 Å². The van der Waals surface area contributed by atoms with Crippen LogP contribution in [0.3, 0.4) is 0 Å². The van der Waals surface area contributed by atoms with Crippen molar-refractivity contribution in [1.29, 1.82) is 0 Å². The Balaban J connectivity index is 1.62. The van der Waals surface area contributed by atoms with Crippen LogP contribution < -0.4 is 5.32 Å². The van der Waals surface area contributed by atoms with Gasteiger partial charge in [-0.3, -0.25) is 4.68 Å². The summed E-state index contributed by atoms with van der Waals surface area (Å²) in [7, 11) is 1.96. The van der Waals surface area contributed by atoms with E-state index in [-0.39, 0.29) is 12.1 Å². The number of benzene rings is 1. The number of hydrogen-bond donors (Lipinski definition) is 1. The molecule has 1 aliphatic heterocycles. The summed E-state index contributed by atoms with van der Waals surface area (Å²) in [5.41, 5.74) is 5.99. The molecule has 134 valence electrons. The minimum absolute atomic E-state index is 0.0462. The normalized spacial score (nSPS) is 17.1. The van der Waals surface area contributed by atoms with Gasteiger partial charge in [-0.2, -0.15) is 5.10 Å². The van der Waals surface area contributed by atoms with E-state index in [1.165, 1.54) is 22.4 Å². The topological polar surface area (TPSA) is 50.2 Å². The molecule has 0 spiro atoms. The van der Waals surface area contributed by atoms with Crippen LogP contribution in [0.15, 0.2) is 24.3 Å². The molecule has 2 amide bonds. The number of aryl methyl sites for hydroxylation is 3. The van der Waals surface area contributed by atoms with Crippen LogP contribution >= 0.6 is 0 Å². The smallest absolute Gasteiger partial charge is 0.317 e. The predicted molar refractivity (Wildman–Crippen MR) is 99.6 cm³/mol. The molecule has 2 heterocycles. The van der Waals surface area contributed by atoms with Crippen LogP contribution in [0.1, 0.15) is 47.0 Å². The Morgan fingerprint density at radius 2 is 2.04 bits per heavy atom. The maximum atomic E-state index is 12.7. The molecule has 3 rings (SSSR count). The van der Waals surface area contributed by atoms with Gasteiger partial charge in [-0.15, -0.1) is 0 Å². The molecule has 1 aromatic carbocycles. The maximum absolute atomic E-state index is 12.7. The van der Waals surface area contributed by atoms with Gasteiger partial charge in [0, 0.05) is 25.8 Å². The van der Waals surface area contributed by atoms with E-state index in [4.69, 9.17) is 0 Å². The van der Waals surface area contributed by atoms with Gasteiger partial charge in [0.1, 0.15) is 0 Å². The first-order valence-electron chi connectivity index (χ1n) is 9.08. The van der Waals surface area contributed by atoms with Crippen LogP contribution in [0.4, 0.5) is 4.79 Å². The maximum Gasteiger partial charge on any atom is 0.317 e. The van der Waals surface area contributed by atoms with Gasteiger partial charge in [-0.25, -0.2) is 4.79 Å². The largest absolute Gasteiger partial charge is 0.338 e. The quantitative estimate of drug-likeness (QED) is 0.927. The summed E-state index contributed by atoms with van der Waals surface area (Å²) < 4.78 is 1.90. The van der Waals surface area contributed by atoms with Gasteiger partial charge in [0.05, 0.1) is 11.7 Å². The van der Waals surface area contributed by atoms with Crippen molar-refractivity contribution in [2.24, 2.45) is 7.05 Å². The monoisotopic (exact) mass is 340 g/mol. The fourth-order valence-electron chi connectivity index (χ4n) is 3.87. The molecular weight excluding hydrogens is 312 g/mol. The van der Waals surface area contributed by atoms with Crippen LogP contribution in [0.5, 0.6) is 0 Å². The van der Waals surface area contributed by atoms with E-state index in [2.05, 4.69) is 48.5 Å². The molecule has 5 heteroatoms. The Labute approximate surface area is 150 Å². The van der Waals surface area contributed by atoms with Gasteiger partial charge >= 0.3 is 6.03 Å². The van der Waals surface area contributed by atoms with Crippen LogP contribution in [-0.4, -0.2) is 33.8 Å². The van der Waals surface area contributed by atoms with E-state index in [1.807, 2.05) is 23.6 Å². The number of carbonyl (C=O) groups excluding carboxylic acids is 1. The zero-order valence-electron chi connectivity index (χ0n) is 15.7. The molecule has 0 aliphatic carbocycles. The Kier molecular flexibility index (Phi) is 5.11. The molecular formula is C20H28N4O. The molecule has 5 nitrogen and oxygen atoms in total. The van der Waals surface area contributed by atoms with Crippen molar-refractivity contribution >= 4 is 6.03 Å². The Morgan fingerprint density at radius 1 is 1.28 bits per heavy atom. The van der Waals surface area contributed by atoms with E-state index in [1.54, 1.807) is 0 Å².